The third kappa shape index (κ3) is 4.72. The third-order valence-electron chi connectivity index (χ3n) is 5.67. The number of benzene rings is 1. The third-order valence-corrected chi connectivity index (χ3v) is 6.57. The van der Waals surface area contributed by atoms with Crippen LogP contribution in [0.3, 0.4) is 0 Å². The molecule has 36 heavy (non-hydrogen) atoms. The fraction of sp³-hybridized carbons (Fsp3) is 0.250. The van der Waals surface area contributed by atoms with Crippen LogP contribution in [-0.2, 0) is 19.1 Å². The summed E-state index contributed by atoms with van der Waals surface area (Å²) in [5.74, 6) is -0.372. The molecule has 4 heterocycles. The van der Waals surface area contributed by atoms with Crippen molar-refractivity contribution in [1.29, 1.82) is 5.41 Å². The van der Waals surface area contributed by atoms with Crippen molar-refractivity contribution >= 4 is 51.7 Å². The molecule has 0 unspecified atom stereocenters. The van der Waals surface area contributed by atoms with E-state index >= 15 is 0 Å². The topological polar surface area (TPSA) is 138 Å². The van der Waals surface area contributed by atoms with E-state index in [1.807, 2.05) is 0 Å². The molecule has 1 saturated heterocycles. The predicted octanol–water partition coefficient (Wildman–Crippen LogP) is 2.60. The van der Waals surface area contributed by atoms with Gasteiger partial charge in [0.15, 0.2) is 5.84 Å². The molecule has 0 atom stereocenters. The number of nitrogens with one attached hydrogen (secondary N) is 1. The number of amidine groups is 2. The van der Waals surface area contributed by atoms with Gasteiger partial charge in [0.1, 0.15) is 16.6 Å². The van der Waals surface area contributed by atoms with Crippen LogP contribution in [0.25, 0.3) is 17.4 Å². The zero-order chi connectivity index (χ0) is 25.2. The Morgan fingerprint density at radius 1 is 1.17 bits per heavy atom. The number of nitrogens with zero attached hydrogens (tertiary/aromatic N) is 4. The average molecular weight is 508 g/mol. The van der Waals surface area contributed by atoms with Crippen LogP contribution in [0.4, 0.5) is 0 Å². The first-order valence-corrected chi connectivity index (χ1v) is 11.9. The molecule has 1 N–H and O–H groups in total. The minimum absolute atomic E-state index is 0.0193. The quantitative estimate of drug-likeness (QED) is 0.482. The summed E-state index contributed by atoms with van der Waals surface area (Å²) in [6.45, 7) is 2.07. The van der Waals surface area contributed by atoms with E-state index in [9.17, 15) is 14.4 Å². The van der Waals surface area contributed by atoms with Crippen LogP contribution >= 0.6 is 11.8 Å². The largest absolute Gasteiger partial charge is 0.465 e. The summed E-state index contributed by atoms with van der Waals surface area (Å²) in [6.07, 6.45) is 1.51. The molecule has 2 amide bonds. The Hall–Kier alpha value is -4.03. The number of hydrogen-bond acceptors (Lipinski definition) is 9. The lowest BCUT2D eigenvalue weighted by atomic mass is 10.1. The van der Waals surface area contributed by atoms with E-state index in [4.69, 9.17) is 19.3 Å². The Morgan fingerprint density at radius 3 is 2.64 bits per heavy atom. The zero-order valence-electron chi connectivity index (χ0n) is 19.2. The van der Waals surface area contributed by atoms with Crippen LogP contribution < -0.4 is 0 Å². The summed E-state index contributed by atoms with van der Waals surface area (Å²) in [4.78, 5) is 42.6. The van der Waals surface area contributed by atoms with Gasteiger partial charge in [0.2, 0.25) is 11.1 Å². The van der Waals surface area contributed by atoms with Crippen molar-refractivity contribution in [3.05, 3.63) is 53.3 Å². The maximum absolute atomic E-state index is 12.7. The highest BCUT2D eigenvalue weighted by atomic mass is 32.2. The summed E-state index contributed by atoms with van der Waals surface area (Å²) < 4.78 is 15.8. The standard InChI is InChI=1S/C24H21N5O6S/c1-33-23(32)15-4-2-14(3-5-15)18-7-6-16(35-18)12-17-21(25)29-24(26-22(17)31)36-19(27-29)13-20(30)28-8-10-34-11-9-28/h2-7,12,25H,8-11,13H2,1H3/b17-12-,25-21?. The molecule has 184 valence electrons. The molecule has 1 aromatic carbocycles. The highest BCUT2D eigenvalue weighted by Gasteiger charge is 2.36. The van der Waals surface area contributed by atoms with Crippen LogP contribution in [0.15, 0.2) is 56.5 Å². The molecule has 2 aromatic rings. The molecule has 0 spiro atoms. The number of carbonyl (C=O) groups excluding carboxylic acids is 3. The molecule has 0 bridgehead atoms. The zero-order valence-corrected chi connectivity index (χ0v) is 20.0. The van der Waals surface area contributed by atoms with Crippen molar-refractivity contribution < 1.29 is 28.3 Å². The van der Waals surface area contributed by atoms with Gasteiger partial charge in [-0.15, -0.1) is 0 Å². The Bertz CT molecular complexity index is 1340. The van der Waals surface area contributed by atoms with Crippen molar-refractivity contribution in [2.24, 2.45) is 10.1 Å². The molecule has 3 aliphatic rings. The summed E-state index contributed by atoms with van der Waals surface area (Å²) in [7, 11) is 1.32. The normalized spacial score (nSPS) is 18.8. The number of ether oxygens (including phenoxy) is 2. The molecule has 0 saturated carbocycles. The monoisotopic (exact) mass is 507 g/mol. The van der Waals surface area contributed by atoms with E-state index in [-0.39, 0.29) is 28.9 Å². The number of morpholine rings is 1. The van der Waals surface area contributed by atoms with Gasteiger partial charge in [0, 0.05) is 18.7 Å². The van der Waals surface area contributed by atoms with Gasteiger partial charge in [-0.25, -0.2) is 4.79 Å². The fourth-order valence-electron chi connectivity index (χ4n) is 3.77. The lowest BCUT2D eigenvalue weighted by molar-refractivity contribution is -0.133. The minimum atomic E-state index is -0.588. The van der Waals surface area contributed by atoms with Gasteiger partial charge in [-0.3, -0.25) is 15.0 Å². The minimum Gasteiger partial charge on any atom is -0.465 e. The first-order chi connectivity index (χ1) is 17.4. The van der Waals surface area contributed by atoms with Crippen molar-refractivity contribution in [2.45, 2.75) is 6.42 Å². The maximum Gasteiger partial charge on any atom is 0.337 e. The number of fused-ring (bicyclic) bond motifs is 1. The van der Waals surface area contributed by atoms with Gasteiger partial charge in [0.25, 0.3) is 5.91 Å². The van der Waals surface area contributed by atoms with Crippen molar-refractivity contribution in [2.75, 3.05) is 33.4 Å². The second-order valence-corrected chi connectivity index (χ2v) is 9.00. The predicted molar refractivity (Wildman–Crippen MR) is 133 cm³/mol. The van der Waals surface area contributed by atoms with E-state index in [0.29, 0.717) is 48.4 Å². The molecule has 1 aromatic heterocycles. The van der Waals surface area contributed by atoms with Crippen LogP contribution in [0.2, 0.25) is 0 Å². The fourth-order valence-corrected chi connectivity index (χ4v) is 4.65. The van der Waals surface area contributed by atoms with Gasteiger partial charge in [0.05, 0.1) is 37.9 Å². The van der Waals surface area contributed by atoms with Gasteiger partial charge >= 0.3 is 5.97 Å². The molecule has 0 aliphatic carbocycles. The average Bonchev–Trinajstić information content (AvgIpc) is 3.53. The lowest BCUT2D eigenvalue weighted by Gasteiger charge is -2.26. The molecule has 0 radical (unpaired) electrons. The Labute approximate surface area is 209 Å². The number of hydrazone groups is 1. The molecule has 3 aliphatic heterocycles. The summed E-state index contributed by atoms with van der Waals surface area (Å²) in [5.41, 5.74) is 1.17. The first kappa shape index (κ1) is 23.7. The van der Waals surface area contributed by atoms with E-state index in [1.165, 1.54) is 18.2 Å². The number of hydrogen-bond donors (Lipinski definition) is 1. The summed E-state index contributed by atoms with van der Waals surface area (Å²) in [5, 5.41) is 14.8. The van der Waals surface area contributed by atoms with Crippen molar-refractivity contribution in [1.82, 2.24) is 9.91 Å². The van der Waals surface area contributed by atoms with Gasteiger partial charge in [-0.05, 0) is 42.1 Å². The Kier molecular flexibility index (Phi) is 6.53. The molecule has 5 rings (SSSR count). The van der Waals surface area contributed by atoms with Crippen molar-refractivity contribution in [3.8, 4) is 11.3 Å². The molecule has 1 fully saturated rings. The lowest BCUT2D eigenvalue weighted by Crippen LogP contribution is -2.41. The van der Waals surface area contributed by atoms with Crippen molar-refractivity contribution in [3.63, 3.8) is 0 Å². The number of rotatable bonds is 5. The summed E-state index contributed by atoms with van der Waals surface area (Å²) in [6, 6.07) is 10.1. The van der Waals surface area contributed by atoms with Crippen LogP contribution in [-0.4, -0.2) is 77.2 Å². The summed E-state index contributed by atoms with van der Waals surface area (Å²) >= 11 is 1.11. The Balaban J connectivity index is 1.31. The van der Waals surface area contributed by atoms with E-state index in [2.05, 4.69) is 10.1 Å². The SMILES string of the molecule is COC(=O)c1ccc(-c2ccc(/C=C3/C(=N)N4N=C(CC(=O)N5CCOCC5)SC4=NC3=O)o2)cc1. The highest BCUT2D eigenvalue weighted by molar-refractivity contribution is 8.27. The number of esters is 1. The maximum atomic E-state index is 12.7. The van der Waals surface area contributed by atoms with E-state index < -0.39 is 11.9 Å². The van der Waals surface area contributed by atoms with Crippen LogP contribution in [0, 0.1) is 5.41 Å². The number of furan rings is 1. The second kappa shape index (κ2) is 9.91. The van der Waals surface area contributed by atoms with E-state index in [0.717, 1.165) is 17.3 Å². The number of thioether (sulfide) groups is 1. The number of carbonyl (C=O) groups is 3. The van der Waals surface area contributed by atoms with Gasteiger partial charge in [-0.1, -0.05) is 12.1 Å². The Morgan fingerprint density at radius 2 is 1.92 bits per heavy atom. The van der Waals surface area contributed by atoms with E-state index in [1.54, 1.807) is 41.3 Å². The smallest absolute Gasteiger partial charge is 0.337 e. The number of aliphatic imine (C=N–C) groups is 1. The first-order valence-electron chi connectivity index (χ1n) is 11.1. The van der Waals surface area contributed by atoms with Crippen LogP contribution in [0.1, 0.15) is 22.5 Å². The van der Waals surface area contributed by atoms with Crippen LogP contribution in [0.5, 0.6) is 0 Å². The molecule has 11 nitrogen and oxygen atoms in total. The molecule has 12 heteroatoms. The second-order valence-electron chi connectivity index (χ2n) is 7.95. The van der Waals surface area contributed by atoms with Gasteiger partial charge in [-0.2, -0.15) is 15.1 Å². The molecular formula is C24H21N5O6S. The van der Waals surface area contributed by atoms with Gasteiger partial charge < -0.3 is 18.8 Å². The number of amides is 2. The molecular weight excluding hydrogens is 486 g/mol. The number of methoxy groups -OCH3 is 1. The highest BCUT2D eigenvalue weighted by Crippen LogP contribution is 2.31.